The minimum Gasteiger partial charge on any atom is -0.497 e. The molecule has 1 unspecified atom stereocenters. The highest BCUT2D eigenvalue weighted by molar-refractivity contribution is 5.89. The molecule has 0 radical (unpaired) electrons. The molecule has 1 aromatic rings. The highest BCUT2D eigenvalue weighted by atomic mass is 16.5. The molecule has 3 fully saturated rings. The standard InChI is InChI=1S/C21H30N4O2/c1-4-10-24(2)14-17-15-25-11-9-16(17)12-19(25)13-22-21(26)23-18-5-7-20(27-3)8-6-18/h1,5-8,16-17,19H,9-15H2,2-3H3,(H2,22,23,26)/t16-,17+,19+/m0/s1. The third-order valence-electron chi connectivity index (χ3n) is 5.77. The maximum absolute atomic E-state index is 12.2. The normalized spacial score (nSPS) is 26.4. The van der Waals surface area contributed by atoms with Crippen LogP contribution in [-0.4, -0.2) is 68.8 Å². The topological polar surface area (TPSA) is 56.8 Å². The molecule has 3 aliphatic heterocycles. The smallest absolute Gasteiger partial charge is 0.319 e. The maximum atomic E-state index is 12.2. The highest BCUT2D eigenvalue weighted by Crippen LogP contribution is 2.36. The fourth-order valence-corrected chi connectivity index (χ4v) is 4.35. The van der Waals surface area contributed by atoms with Crippen LogP contribution >= 0.6 is 0 Å². The Morgan fingerprint density at radius 3 is 2.81 bits per heavy atom. The summed E-state index contributed by atoms with van der Waals surface area (Å²) in [6, 6.07) is 7.61. The molecule has 0 aromatic heterocycles. The first-order valence-electron chi connectivity index (χ1n) is 9.64. The number of urea groups is 1. The van der Waals surface area contributed by atoms with E-state index in [-0.39, 0.29) is 6.03 Å². The molecule has 0 aliphatic carbocycles. The molecule has 2 N–H and O–H groups in total. The Balaban J connectivity index is 1.44. The molecule has 4 atom stereocenters. The van der Waals surface area contributed by atoms with E-state index in [0.29, 0.717) is 25.0 Å². The molecule has 27 heavy (non-hydrogen) atoms. The van der Waals surface area contributed by atoms with Crippen molar-refractivity contribution in [2.24, 2.45) is 11.8 Å². The number of amides is 2. The molecule has 0 saturated carbocycles. The van der Waals surface area contributed by atoms with Gasteiger partial charge in [0, 0.05) is 31.4 Å². The van der Waals surface area contributed by atoms with E-state index in [2.05, 4.69) is 33.4 Å². The molecule has 6 heteroatoms. The van der Waals surface area contributed by atoms with Gasteiger partial charge in [0.15, 0.2) is 0 Å². The molecule has 3 saturated heterocycles. The first kappa shape index (κ1) is 19.5. The van der Waals surface area contributed by atoms with Crippen molar-refractivity contribution in [3.8, 4) is 18.1 Å². The van der Waals surface area contributed by atoms with Gasteiger partial charge in [-0.1, -0.05) is 5.92 Å². The molecular formula is C21H30N4O2. The summed E-state index contributed by atoms with van der Waals surface area (Å²) in [5.41, 5.74) is 0.760. The summed E-state index contributed by atoms with van der Waals surface area (Å²) in [5.74, 6) is 4.90. The number of nitrogens with one attached hydrogen (secondary N) is 2. The molecule has 1 aromatic carbocycles. The van der Waals surface area contributed by atoms with Crippen molar-refractivity contribution in [1.82, 2.24) is 15.1 Å². The summed E-state index contributed by atoms with van der Waals surface area (Å²) in [6.45, 7) is 4.69. The number of nitrogens with zero attached hydrogens (tertiary/aromatic N) is 2. The summed E-state index contributed by atoms with van der Waals surface area (Å²) in [7, 11) is 3.72. The number of fused-ring (bicyclic) bond motifs is 3. The Hall–Kier alpha value is -2.23. The van der Waals surface area contributed by atoms with Crippen LogP contribution in [-0.2, 0) is 0 Å². The number of ether oxygens (including phenoxy) is 1. The van der Waals surface area contributed by atoms with Crippen molar-refractivity contribution in [2.75, 3.05) is 52.2 Å². The lowest BCUT2D eigenvalue weighted by Crippen LogP contribution is -2.58. The zero-order valence-corrected chi connectivity index (χ0v) is 16.3. The molecule has 146 valence electrons. The summed E-state index contributed by atoms with van der Waals surface area (Å²) in [5, 5.41) is 5.91. The van der Waals surface area contributed by atoms with Gasteiger partial charge in [0.25, 0.3) is 0 Å². The summed E-state index contributed by atoms with van der Waals surface area (Å²) < 4.78 is 5.13. The lowest BCUT2D eigenvalue weighted by atomic mass is 9.75. The molecule has 2 amide bonds. The van der Waals surface area contributed by atoms with E-state index >= 15 is 0 Å². The van der Waals surface area contributed by atoms with Gasteiger partial charge in [0.2, 0.25) is 0 Å². The molecule has 2 bridgehead atoms. The van der Waals surface area contributed by atoms with E-state index in [4.69, 9.17) is 11.2 Å². The van der Waals surface area contributed by atoms with Crippen LogP contribution in [0.4, 0.5) is 10.5 Å². The predicted octanol–water partition coefficient (Wildman–Crippen LogP) is 2.09. The molecule has 6 nitrogen and oxygen atoms in total. The SMILES string of the molecule is C#CCN(C)C[C@@H]1CN2CC[C@H]1C[C@@H]2CNC(=O)Nc1ccc(OC)cc1. The van der Waals surface area contributed by atoms with Gasteiger partial charge in [-0.3, -0.25) is 9.80 Å². The van der Waals surface area contributed by atoms with Crippen LogP contribution < -0.4 is 15.4 Å². The van der Waals surface area contributed by atoms with E-state index in [1.54, 1.807) is 7.11 Å². The molecule has 3 heterocycles. The van der Waals surface area contributed by atoms with Gasteiger partial charge in [-0.05, 0) is 62.5 Å². The van der Waals surface area contributed by atoms with E-state index in [1.165, 1.54) is 6.42 Å². The fraction of sp³-hybridized carbons (Fsp3) is 0.571. The third-order valence-corrected chi connectivity index (χ3v) is 5.77. The average molecular weight is 370 g/mol. The van der Waals surface area contributed by atoms with E-state index < -0.39 is 0 Å². The first-order valence-corrected chi connectivity index (χ1v) is 9.64. The zero-order valence-electron chi connectivity index (χ0n) is 16.3. The molecular weight excluding hydrogens is 340 g/mol. The quantitative estimate of drug-likeness (QED) is 0.722. The van der Waals surface area contributed by atoms with E-state index in [1.807, 2.05) is 24.3 Å². The van der Waals surface area contributed by atoms with Crippen LogP contribution in [0.2, 0.25) is 0 Å². The van der Waals surface area contributed by atoms with E-state index in [9.17, 15) is 4.79 Å². The van der Waals surface area contributed by atoms with Crippen LogP contribution in [0.25, 0.3) is 0 Å². The second-order valence-electron chi connectivity index (χ2n) is 7.66. The number of hydrogen-bond donors (Lipinski definition) is 2. The minimum atomic E-state index is -0.159. The van der Waals surface area contributed by atoms with Crippen molar-refractivity contribution in [1.29, 1.82) is 0 Å². The lowest BCUT2D eigenvalue weighted by molar-refractivity contribution is -0.00692. The number of carbonyl (C=O) groups is 1. The number of benzene rings is 1. The number of methoxy groups -OCH3 is 1. The van der Waals surface area contributed by atoms with Crippen molar-refractivity contribution in [3.05, 3.63) is 24.3 Å². The van der Waals surface area contributed by atoms with Crippen molar-refractivity contribution in [3.63, 3.8) is 0 Å². The van der Waals surface area contributed by atoms with Crippen LogP contribution in [0.3, 0.4) is 0 Å². The zero-order chi connectivity index (χ0) is 19.2. The summed E-state index contributed by atoms with van der Waals surface area (Å²) >= 11 is 0. The second-order valence-corrected chi connectivity index (χ2v) is 7.66. The van der Waals surface area contributed by atoms with Gasteiger partial charge in [0.1, 0.15) is 5.75 Å². The first-order chi connectivity index (χ1) is 13.1. The van der Waals surface area contributed by atoms with Gasteiger partial charge in [-0.15, -0.1) is 6.42 Å². The van der Waals surface area contributed by atoms with Crippen molar-refractivity contribution >= 4 is 11.7 Å². The van der Waals surface area contributed by atoms with E-state index in [0.717, 1.165) is 43.4 Å². The average Bonchev–Trinajstić information content (AvgIpc) is 2.68. The van der Waals surface area contributed by atoms with Gasteiger partial charge < -0.3 is 15.4 Å². The van der Waals surface area contributed by atoms with Crippen LogP contribution in [0, 0.1) is 24.2 Å². The maximum Gasteiger partial charge on any atom is 0.319 e. The van der Waals surface area contributed by atoms with Gasteiger partial charge >= 0.3 is 6.03 Å². The van der Waals surface area contributed by atoms with Gasteiger partial charge in [-0.25, -0.2) is 4.79 Å². The second kappa shape index (κ2) is 9.12. The van der Waals surface area contributed by atoms with Crippen LogP contribution in [0.15, 0.2) is 24.3 Å². The van der Waals surface area contributed by atoms with Gasteiger partial charge in [-0.2, -0.15) is 0 Å². The Labute approximate surface area is 162 Å². The number of piperidine rings is 3. The van der Waals surface area contributed by atoms with Crippen LogP contribution in [0.5, 0.6) is 5.75 Å². The molecule has 3 aliphatic rings. The highest BCUT2D eigenvalue weighted by Gasteiger charge is 2.40. The van der Waals surface area contributed by atoms with Crippen molar-refractivity contribution in [2.45, 2.75) is 18.9 Å². The third kappa shape index (κ3) is 5.15. The number of terminal acetylenes is 1. The van der Waals surface area contributed by atoms with Crippen LogP contribution in [0.1, 0.15) is 12.8 Å². The largest absolute Gasteiger partial charge is 0.497 e. The number of anilines is 1. The number of hydrogen-bond acceptors (Lipinski definition) is 4. The Bertz CT molecular complexity index is 670. The fourth-order valence-electron chi connectivity index (χ4n) is 4.35. The predicted molar refractivity (Wildman–Crippen MR) is 108 cm³/mol. The summed E-state index contributed by atoms with van der Waals surface area (Å²) in [4.78, 5) is 17.0. The number of rotatable bonds is 7. The summed E-state index contributed by atoms with van der Waals surface area (Å²) in [6.07, 6.45) is 7.82. The van der Waals surface area contributed by atoms with Gasteiger partial charge in [0.05, 0.1) is 13.7 Å². The Morgan fingerprint density at radius 1 is 1.41 bits per heavy atom. The lowest BCUT2D eigenvalue weighted by Gasteiger charge is -2.50. The monoisotopic (exact) mass is 370 g/mol. The molecule has 0 spiro atoms. The Kier molecular flexibility index (Phi) is 6.59. The number of carbonyl (C=O) groups excluding carboxylic acids is 1. The Morgan fingerprint density at radius 2 is 2.19 bits per heavy atom. The minimum absolute atomic E-state index is 0.159. The molecule has 4 rings (SSSR count). The van der Waals surface area contributed by atoms with Crippen molar-refractivity contribution < 1.29 is 9.53 Å².